The molecule has 7 N–H and O–H groups in total. The molecule has 0 bridgehead atoms. The van der Waals surface area contributed by atoms with Crippen LogP contribution in [-0.4, -0.2) is 256 Å². The molecule has 1 saturated heterocycles. The predicted octanol–water partition coefficient (Wildman–Crippen LogP) is 2.40. The summed E-state index contributed by atoms with van der Waals surface area (Å²) in [4.78, 5) is 25.3. The number of hydrogen-bond donors (Lipinski definition) is 6. The Labute approximate surface area is 407 Å². The van der Waals surface area contributed by atoms with Crippen LogP contribution in [0.2, 0.25) is 0 Å². The summed E-state index contributed by atoms with van der Waals surface area (Å²) in [6.07, 6.45) is 0.227. The van der Waals surface area contributed by atoms with E-state index in [0.717, 1.165) is 43.8 Å². The molecule has 1 aromatic rings. The highest BCUT2D eigenvalue weighted by Crippen LogP contribution is 2.16. The Balaban J connectivity index is -0.000000197. The average molecular weight is 947 g/mol. The molecule has 1 fully saturated rings. The van der Waals surface area contributed by atoms with Crippen molar-refractivity contribution in [3.63, 3.8) is 0 Å². The van der Waals surface area contributed by atoms with Crippen molar-refractivity contribution in [2.24, 2.45) is 5.73 Å². The van der Waals surface area contributed by atoms with Crippen LogP contribution in [0.3, 0.4) is 0 Å². The summed E-state index contributed by atoms with van der Waals surface area (Å²) in [6, 6.07) is 14.0. The molecule has 17 heteroatoms. The molecule has 1 aromatic carbocycles. The van der Waals surface area contributed by atoms with Crippen LogP contribution in [0.15, 0.2) is 24.3 Å². The Kier molecular flexibility index (Phi) is 41.1. The Morgan fingerprint density at radius 2 is 1.36 bits per heavy atom. The summed E-state index contributed by atoms with van der Waals surface area (Å²) in [6.45, 7) is 16.7. The number of nitrogens with two attached hydrogens (primary N) is 1. The summed E-state index contributed by atoms with van der Waals surface area (Å²) < 4.78 is 5.86. The molecule has 0 radical (unpaired) electrons. The zero-order chi connectivity index (χ0) is 44.3. The maximum atomic E-state index is 11.4. The molecule has 17 nitrogen and oxygen atoms in total. The van der Waals surface area contributed by atoms with Gasteiger partial charge in [-0.1, -0.05) is 58.9 Å². The standard InChI is InChI=1S/C18H28N4.C13H29N4O4.C11H25N4O.7CH4/c1-5-10-22-14-13-21(4)18(22)16-8-6-15(7-9-16)17-19(2)11-12-20(17)3;1-11(19)13-7-21-16(13)9-15(8-14-2)5-12(20)6-17(3,4)10-18;1-5-15(3,4)9-11(16)8-14(7-6-12)10-13-2;;;;;;;/h6-9H,5,10-14H2,1-4H3;12-14,18,20H,5-10H2,1-4H3;11,13,16H,5,8-10,12H2,1-4H3;7*1H4/q+2;2*+1;;;;;;;. The first-order valence-electron chi connectivity index (χ1n) is 21.1. The number of Topliss-reactive ketones (excluding diaryl/α,β-unsaturated/α-hetero) is 1. The van der Waals surface area contributed by atoms with Crippen LogP contribution in [0.5, 0.6) is 0 Å². The monoisotopic (exact) mass is 947 g/mol. The normalized spacial score (nSPS) is 16.2. The van der Waals surface area contributed by atoms with Crippen molar-refractivity contribution in [3.8, 4) is 12.1 Å². The fourth-order valence-corrected chi connectivity index (χ4v) is 7.36. The minimum Gasteiger partial charge on any atom is -0.386 e. The first kappa shape index (κ1) is 74.1. The molecule has 3 heterocycles. The highest BCUT2D eigenvalue weighted by molar-refractivity contribution is 5.99. The van der Waals surface area contributed by atoms with Gasteiger partial charge in [0.05, 0.1) is 100 Å². The van der Waals surface area contributed by atoms with E-state index in [-0.39, 0.29) is 70.5 Å². The van der Waals surface area contributed by atoms with Crippen molar-refractivity contribution in [2.45, 2.75) is 97.4 Å². The average Bonchev–Trinajstić information content (AvgIpc) is 3.69. The van der Waals surface area contributed by atoms with E-state index in [1.54, 1.807) is 16.9 Å². The maximum absolute atomic E-state index is 11.4. The van der Waals surface area contributed by atoms with Gasteiger partial charge >= 0.3 is 0 Å². The molecule has 4 rings (SSSR count). The lowest BCUT2D eigenvalue weighted by atomic mass is 10.1. The van der Waals surface area contributed by atoms with Gasteiger partial charge in [0.15, 0.2) is 12.5 Å². The molecule has 0 aliphatic carbocycles. The van der Waals surface area contributed by atoms with Gasteiger partial charge in [-0.3, -0.25) is 33.5 Å². The number of nitrogens with zero attached hydrogens (tertiary/aromatic N) is 9. The zero-order valence-electron chi connectivity index (χ0n) is 38.6. The lowest BCUT2D eigenvalue weighted by Crippen LogP contribution is -2.59. The minimum absolute atomic E-state index is 0. The number of quaternary nitrogens is 2. The maximum Gasteiger partial charge on any atom is 0.279 e. The van der Waals surface area contributed by atoms with Gasteiger partial charge in [-0.05, 0) is 58.6 Å². The van der Waals surface area contributed by atoms with Crippen LogP contribution in [0.1, 0.15) is 90.3 Å². The number of carbonyl (C=O) groups is 1. The van der Waals surface area contributed by atoms with Gasteiger partial charge in [0, 0.05) is 25.3 Å². The van der Waals surface area contributed by atoms with Crippen LogP contribution in [0, 0.1) is 12.1 Å². The molecular weight excluding hydrogens is 837 g/mol. The van der Waals surface area contributed by atoms with Gasteiger partial charge < -0.3 is 45.6 Å². The summed E-state index contributed by atoms with van der Waals surface area (Å²) in [7, 11) is 18.1. The molecule has 3 aliphatic rings. The fraction of sp³-hybridized carbons (Fsp3) is 0.776. The molecule has 392 valence electrons. The molecule has 0 saturated carbocycles. The quantitative estimate of drug-likeness (QED) is 0.0352. The third kappa shape index (κ3) is 24.6. The molecule has 3 aliphatic heterocycles. The number of carbonyl (C=O) groups excluding carboxylic acids is 1. The number of hydroxylamine groups is 2. The first-order valence-corrected chi connectivity index (χ1v) is 21.1. The van der Waals surface area contributed by atoms with Crippen LogP contribution in [-0.2, 0) is 9.63 Å². The second-order valence-corrected chi connectivity index (χ2v) is 17.3. The number of rotatable bonds is 21. The summed E-state index contributed by atoms with van der Waals surface area (Å²) in [5.41, 5.74) is 7.82. The number of aliphatic hydroxyl groups is 3. The highest BCUT2D eigenvalue weighted by atomic mass is 16.7. The molecular formula is C49H110N12O5+4. The van der Waals surface area contributed by atoms with Crippen molar-refractivity contribution in [2.75, 3.05) is 162 Å². The number of aliphatic hydroxyl groups excluding tert-OH is 3. The highest BCUT2D eigenvalue weighted by Gasteiger charge is 2.35. The number of likely N-dealkylation sites (N-methyl/N-ethyl adjacent to an activating group) is 5. The van der Waals surface area contributed by atoms with Crippen molar-refractivity contribution in [1.82, 2.24) is 35.3 Å². The summed E-state index contributed by atoms with van der Waals surface area (Å²) in [5, 5.41) is 37.0. The number of nitrogens with one attached hydrogen (secondary N) is 2. The van der Waals surface area contributed by atoms with E-state index in [0.29, 0.717) is 57.3 Å². The Morgan fingerprint density at radius 1 is 0.864 bits per heavy atom. The van der Waals surface area contributed by atoms with E-state index >= 15 is 0 Å². The SMILES string of the molecule is C.C.C.C.C.C.C.CCCN1CC[N+](C)=C1c1ccc(C2=[N+](C)CCN2C)cc1.CC[N+](C)(C)CC(O)CN(C#CN)CNC.CNCN(CC(O)C[N+](C)(C)CO)CN1OCC1C(C)=O. The van der Waals surface area contributed by atoms with E-state index in [2.05, 4.69) is 115 Å². The van der Waals surface area contributed by atoms with Crippen molar-refractivity contribution in [3.05, 3.63) is 35.4 Å². The van der Waals surface area contributed by atoms with Crippen molar-refractivity contribution in [1.29, 1.82) is 0 Å². The van der Waals surface area contributed by atoms with Crippen molar-refractivity contribution < 1.29 is 43.1 Å². The Morgan fingerprint density at radius 3 is 1.79 bits per heavy atom. The Bertz CT molecular complexity index is 1550. The van der Waals surface area contributed by atoms with Gasteiger partial charge in [0.1, 0.15) is 57.5 Å². The van der Waals surface area contributed by atoms with Crippen LogP contribution < -0.4 is 16.4 Å². The van der Waals surface area contributed by atoms with Gasteiger partial charge in [-0.2, -0.15) is 5.06 Å². The van der Waals surface area contributed by atoms with Crippen LogP contribution in [0.4, 0.5) is 0 Å². The second kappa shape index (κ2) is 36.6. The first-order chi connectivity index (χ1) is 27.8. The molecule has 66 heavy (non-hydrogen) atoms. The lowest BCUT2D eigenvalue weighted by molar-refractivity contribution is -0.911. The van der Waals surface area contributed by atoms with Crippen LogP contribution >= 0.6 is 0 Å². The molecule has 0 amide bonds. The molecule has 0 aromatic heterocycles. The third-order valence-corrected chi connectivity index (χ3v) is 10.8. The summed E-state index contributed by atoms with van der Waals surface area (Å²) >= 11 is 0. The van der Waals surface area contributed by atoms with Gasteiger partial charge in [-0.15, -0.1) is 0 Å². The molecule has 3 atom stereocenters. The predicted molar refractivity (Wildman–Crippen MR) is 282 cm³/mol. The van der Waals surface area contributed by atoms with E-state index in [9.17, 15) is 20.1 Å². The number of hydrogen-bond acceptors (Lipinski definition) is 13. The van der Waals surface area contributed by atoms with E-state index < -0.39 is 12.2 Å². The third-order valence-electron chi connectivity index (χ3n) is 10.8. The van der Waals surface area contributed by atoms with E-state index in [4.69, 9.17) is 10.6 Å². The fourth-order valence-electron chi connectivity index (χ4n) is 7.36. The van der Waals surface area contributed by atoms with Gasteiger partial charge in [0.2, 0.25) is 0 Å². The smallest absolute Gasteiger partial charge is 0.279 e. The topological polar surface area (TPSA) is 159 Å². The summed E-state index contributed by atoms with van der Waals surface area (Å²) in [5.74, 6) is 2.80. The lowest BCUT2D eigenvalue weighted by Gasteiger charge is -2.41. The Hall–Kier alpha value is -3.41. The van der Waals surface area contributed by atoms with E-state index in [1.807, 2.05) is 33.1 Å². The van der Waals surface area contributed by atoms with Crippen molar-refractivity contribution >= 4 is 17.5 Å². The number of ketones is 1. The van der Waals surface area contributed by atoms with Crippen LogP contribution in [0.25, 0.3) is 0 Å². The minimum atomic E-state index is -0.572. The van der Waals surface area contributed by atoms with E-state index in [1.165, 1.54) is 29.2 Å². The molecule has 0 spiro atoms. The second-order valence-electron chi connectivity index (χ2n) is 17.3. The largest absolute Gasteiger partial charge is 0.386 e. The van der Waals surface area contributed by atoms with Gasteiger partial charge in [0.25, 0.3) is 11.7 Å². The number of benzene rings is 1. The zero-order valence-corrected chi connectivity index (χ0v) is 38.6. The molecule has 3 unspecified atom stereocenters. The van der Waals surface area contributed by atoms with Gasteiger partial charge in [-0.25, -0.2) is 0 Å². The number of amidine groups is 2.